The lowest BCUT2D eigenvalue weighted by atomic mass is 10.1. The Hall–Kier alpha value is -0.290. The Morgan fingerprint density at radius 1 is 1.41 bits per heavy atom. The van der Waals surface area contributed by atoms with E-state index < -0.39 is 0 Å². The van der Waals surface area contributed by atoms with Crippen molar-refractivity contribution in [2.24, 2.45) is 0 Å². The van der Waals surface area contributed by atoms with Crippen molar-refractivity contribution in [3.63, 3.8) is 0 Å². The molecular formula is C14H21IN2. The summed E-state index contributed by atoms with van der Waals surface area (Å²) in [5, 5.41) is 3.64. The molecule has 0 radical (unpaired) electrons. The second-order valence-electron chi connectivity index (χ2n) is 4.85. The maximum Gasteiger partial charge on any atom is 0.0505 e. The second kappa shape index (κ2) is 6.05. The zero-order chi connectivity index (χ0) is 12.3. The number of nitrogens with one attached hydrogen (secondary N) is 1. The van der Waals surface area contributed by atoms with Crippen LogP contribution in [-0.2, 0) is 0 Å². The number of halogens is 1. The minimum atomic E-state index is 0.582. The van der Waals surface area contributed by atoms with Gasteiger partial charge in [-0.2, -0.15) is 0 Å². The molecule has 1 aliphatic rings. The molecule has 1 N–H and O–H groups in total. The third-order valence-electron chi connectivity index (χ3n) is 3.45. The standard InChI is InChI=1S/C14H21IN2/c1-3-6-12-10-17(11(2)9-16-12)14-8-5-4-7-13(14)15/h4-5,7-8,11-12,16H,3,6,9-10H2,1-2H3. The van der Waals surface area contributed by atoms with Crippen LogP contribution in [0.1, 0.15) is 26.7 Å². The van der Waals surface area contributed by atoms with E-state index in [1.165, 1.54) is 22.1 Å². The van der Waals surface area contributed by atoms with Crippen LogP contribution < -0.4 is 10.2 Å². The molecule has 1 fully saturated rings. The van der Waals surface area contributed by atoms with Gasteiger partial charge in [0.2, 0.25) is 0 Å². The lowest BCUT2D eigenvalue weighted by Gasteiger charge is -2.41. The van der Waals surface area contributed by atoms with Crippen LogP contribution >= 0.6 is 22.6 Å². The molecule has 1 heterocycles. The first kappa shape index (κ1) is 13.1. The van der Waals surface area contributed by atoms with Crippen molar-refractivity contribution in [2.75, 3.05) is 18.0 Å². The van der Waals surface area contributed by atoms with E-state index >= 15 is 0 Å². The van der Waals surface area contributed by atoms with Crippen LogP contribution in [0.4, 0.5) is 5.69 Å². The highest BCUT2D eigenvalue weighted by molar-refractivity contribution is 14.1. The number of benzene rings is 1. The van der Waals surface area contributed by atoms with E-state index in [1.54, 1.807) is 0 Å². The number of piperazine rings is 1. The number of hydrogen-bond acceptors (Lipinski definition) is 2. The summed E-state index contributed by atoms with van der Waals surface area (Å²) in [6, 6.07) is 9.92. The van der Waals surface area contributed by atoms with Crippen LogP contribution in [0.25, 0.3) is 0 Å². The first-order chi connectivity index (χ1) is 8.22. The zero-order valence-electron chi connectivity index (χ0n) is 10.6. The Balaban J connectivity index is 2.15. The van der Waals surface area contributed by atoms with Crippen LogP contribution in [0.2, 0.25) is 0 Å². The van der Waals surface area contributed by atoms with E-state index in [9.17, 15) is 0 Å². The fraction of sp³-hybridized carbons (Fsp3) is 0.571. The molecule has 2 rings (SSSR count). The van der Waals surface area contributed by atoms with Gasteiger partial charge in [0.15, 0.2) is 0 Å². The van der Waals surface area contributed by atoms with Gasteiger partial charge in [-0.25, -0.2) is 0 Å². The van der Waals surface area contributed by atoms with Gasteiger partial charge in [0.1, 0.15) is 0 Å². The molecule has 0 spiro atoms. The van der Waals surface area contributed by atoms with Crippen LogP contribution in [-0.4, -0.2) is 25.2 Å². The van der Waals surface area contributed by atoms with Gasteiger partial charge in [0, 0.05) is 28.7 Å². The summed E-state index contributed by atoms with van der Waals surface area (Å²) in [7, 11) is 0. The molecule has 0 aliphatic carbocycles. The van der Waals surface area contributed by atoms with Gasteiger partial charge in [-0.05, 0) is 48.1 Å². The van der Waals surface area contributed by atoms with E-state index in [4.69, 9.17) is 0 Å². The number of hydrogen-bond donors (Lipinski definition) is 1. The summed E-state index contributed by atoms with van der Waals surface area (Å²) in [5.74, 6) is 0. The summed E-state index contributed by atoms with van der Waals surface area (Å²) >= 11 is 2.44. The van der Waals surface area contributed by atoms with E-state index in [0.29, 0.717) is 12.1 Å². The highest BCUT2D eigenvalue weighted by Crippen LogP contribution is 2.26. The summed E-state index contributed by atoms with van der Waals surface area (Å²) in [6.07, 6.45) is 2.53. The molecule has 3 heteroatoms. The Bertz CT molecular complexity index is 367. The van der Waals surface area contributed by atoms with Crippen LogP contribution in [0.15, 0.2) is 24.3 Å². The van der Waals surface area contributed by atoms with Crippen molar-refractivity contribution in [1.29, 1.82) is 0 Å². The van der Waals surface area contributed by atoms with Gasteiger partial charge in [0.25, 0.3) is 0 Å². The molecule has 1 aromatic carbocycles. The normalized spacial score (nSPS) is 25.0. The molecule has 1 aliphatic heterocycles. The quantitative estimate of drug-likeness (QED) is 0.847. The van der Waals surface area contributed by atoms with Crippen molar-refractivity contribution in [3.8, 4) is 0 Å². The summed E-state index contributed by atoms with van der Waals surface area (Å²) in [5.41, 5.74) is 1.39. The van der Waals surface area contributed by atoms with Gasteiger partial charge in [0.05, 0.1) is 5.69 Å². The smallest absolute Gasteiger partial charge is 0.0505 e. The second-order valence-corrected chi connectivity index (χ2v) is 6.01. The van der Waals surface area contributed by atoms with Crippen molar-refractivity contribution in [2.45, 2.75) is 38.8 Å². The van der Waals surface area contributed by atoms with Crippen LogP contribution in [0.3, 0.4) is 0 Å². The van der Waals surface area contributed by atoms with Gasteiger partial charge >= 0.3 is 0 Å². The van der Waals surface area contributed by atoms with Crippen molar-refractivity contribution in [1.82, 2.24) is 5.32 Å². The molecule has 94 valence electrons. The Morgan fingerprint density at radius 2 is 2.18 bits per heavy atom. The van der Waals surface area contributed by atoms with Gasteiger partial charge < -0.3 is 10.2 Å². The minimum Gasteiger partial charge on any atom is -0.365 e. The first-order valence-electron chi connectivity index (χ1n) is 6.47. The van der Waals surface area contributed by atoms with Gasteiger partial charge in [-0.15, -0.1) is 0 Å². The Kier molecular flexibility index (Phi) is 4.68. The highest BCUT2D eigenvalue weighted by atomic mass is 127. The Labute approximate surface area is 118 Å². The molecule has 0 saturated carbocycles. The van der Waals surface area contributed by atoms with Gasteiger partial charge in [-0.1, -0.05) is 25.5 Å². The van der Waals surface area contributed by atoms with E-state index in [2.05, 4.69) is 70.9 Å². The largest absolute Gasteiger partial charge is 0.365 e. The van der Waals surface area contributed by atoms with E-state index in [-0.39, 0.29) is 0 Å². The maximum absolute atomic E-state index is 3.64. The maximum atomic E-state index is 3.64. The first-order valence-corrected chi connectivity index (χ1v) is 7.54. The summed E-state index contributed by atoms with van der Waals surface area (Å²) in [6.45, 7) is 6.79. The van der Waals surface area contributed by atoms with Gasteiger partial charge in [-0.3, -0.25) is 0 Å². The lowest BCUT2D eigenvalue weighted by molar-refractivity contribution is 0.386. The fourth-order valence-electron chi connectivity index (χ4n) is 2.49. The molecule has 0 amide bonds. The number of para-hydroxylation sites is 1. The Morgan fingerprint density at radius 3 is 2.88 bits per heavy atom. The average molecular weight is 344 g/mol. The topological polar surface area (TPSA) is 15.3 Å². The molecule has 0 aromatic heterocycles. The van der Waals surface area contributed by atoms with Crippen molar-refractivity contribution in [3.05, 3.63) is 27.8 Å². The molecule has 17 heavy (non-hydrogen) atoms. The monoisotopic (exact) mass is 344 g/mol. The number of nitrogens with zero attached hydrogens (tertiary/aromatic N) is 1. The average Bonchev–Trinajstić information content (AvgIpc) is 2.33. The van der Waals surface area contributed by atoms with Crippen LogP contribution in [0.5, 0.6) is 0 Å². The van der Waals surface area contributed by atoms with Crippen molar-refractivity contribution >= 4 is 28.3 Å². The zero-order valence-corrected chi connectivity index (χ0v) is 12.8. The third kappa shape index (κ3) is 3.13. The SMILES string of the molecule is CCCC1CN(c2ccccc2I)C(C)CN1. The molecule has 0 bridgehead atoms. The number of rotatable bonds is 3. The summed E-state index contributed by atoms with van der Waals surface area (Å²) < 4.78 is 1.36. The molecule has 2 unspecified atom stereocenters. The predicted octanol–water partition coefficient (Wildman–Crippen LogP) is 3.26. The third-order valence-corrected chi connectivity index (χ3v) is 4.36. The molecule has 2 atom stereocenters. The lowest BCUT2D eigenvalue weighted by Crippen LogP contribution is -2.55. The fourth-order valence-corrected chi connectivity index (χ4v) is 3.19. The predicted molar refractivity (Wildman–Crippen MR) is 82.7 cm³/mol. The van der Waals surface area contributed by atoms with E-state index in [1.807, 2.05) is 0 Å². The van der Waals surface area contributed by atoms with E-state index in [0.717, 1.165) is 13.1 Å². The molecule has 1 aromatic rings. The molecule has 1 saturated heterocycles. The molecular weight excluding hydrogens is 323 g/mol. The number of anilines is 1. The van der Waals surface area contributed by atoms with Crippen molar-refractivity contribution < 1.29 is 0 Å². The highest BCUT2D eigenvalue weighted by Gasteiger charge is 2.25. The van der Waals surface area contributed by atoms with Crippen LogP contribution in [0, 0.1) is 3.57 Å². The minimum absolute atomic E-state index is 0.582. The summed E-state index contributed by atoms with van der Waals surface area (Å²) in [4.78, 5) is 2.55. The molecule has 2 nitrogen and oxygen atoms in total.